The van der Waals surface area contributed by atoms with Crippen molar-refractivity contribution in [1.29, 1.82) is 0 Å². The van der Waals surface area contributed by atoms with E-state index in [1.165, 1.54) is 34.2 Å². The predicted octanol–water partition coefficient (Wildman–Crippen LogP) is 3.17. The number of β-lactam (4-membered cyclic amide) rings is 1. The molecule has 14 nitrogen and oxygen atoms in total. The summed E-state index contributed by atoms with van der Waals surface area (Å²) in [6, 6.07) is 3.47. The van der Waals surface area contributed by atoms with E-state index in [-0.39, 0.29) is 86.5 Å². The Morgan fingerprint density at radius 1 is 1.09 bits per heavy atom. The van der Waals surface area contributed by atoms with E-state index in [2.05, 4.69) is 16.0 Å². The van der Waals surface area contributed by atoms with Gasteiger partial charge >= 0.3 is 11.9 Å². The molecular formula is C34H32ClFN6O8S4. The second-order valence-electron chi connectivity index (χ2n) is 13.1. The number of thioether (sulfide) groups is 2. The maximum Gasteiger partial charge on any atom is 0.352 e. The summed E-state index contributed by atoms with van der Waals surface area (Å²) in [5.74, 6) is -4.34. The van der Waals surface area contributed by atoms with E-state index in [0.29, 0.717) is 18.5 Å². The number of carbonyl (C=O) groups is 5. The summed E-state index contributed by atoms with van der Waals surface area (Å²) in [5, 5.41) is 29.3. The number of thiocarbonyl (C=S) groups is 1. The lowest BCUT2D eigenvalue weighted by atomic mass is 10.0. The van der Waals surface area contributed by atoms with E-state index < -0.39 is 46.1 Å². The van der Waals surface area contributed by atoms with Gasteiger partial charge in [-0.25, -0.2) is 14.0 Å². The number of anilines is 1. The maximum absolute atomic E-state index is 15.5. The first-order chi connectivity index (χ1) is 25.8. The summed E-state index contributed by atoms with van der Waals surface area (Å²) in [7, 11) is 0. The number of halogens is 2. The highest BCUT2D eigenvalue weighted by Gasteiger charge is 2.54. The number of hydrogen-bond donors (Lipinski definition) is 5. The fourth-order valence-electron chi connectivity index (χ4n) is 6.84. The second-order valence-corrected chi connectivity index (χ2v) is 17.3. The highest BCUT2D eigenvalue weighted by Crippen LogP contribution is 2.43. The number of aliphatic carboxylic acids is 1. The molecule has 20 heteroatoms. The van der Waals surface area contributed by atoms with E-state index in [0.717, 1.165) is 35.5 Å². The van der Waals surface area contributed by atoms with Gasteiger partial charge in [0.2, 0.25) is 17.2 Å². The Morgan fingerprint density at radius 2 is 1.87 bits per heavy atom. The van der Waals surface area contributed by atoms with Gasteiger partial charge in [-0.3, -0.25) is 24.1 Å². The minimum Gasteiger partial charge on any atom is -0.477 e. The van der Waals surface area contributed by atoms with Crippen LogP contribution in [-0.2, 0) is 25.6 Å². The van der Waals surface area contributed by atoms with Crippen molar-refractivity contribution in [1.82, 2.24) is 25.4 Å². The van der Waals surface area contributed by atoms with Crippen LogP contribution < -0.4 is 26.3 Å². The number of benzene rings is 1. The molecule has 3 unspecified atom stereocenters. The SMILES string of the molecule is O=C(CSC(=S)NCC1=C(C(=O)O)N2C(=O)C(NC(=O)Cc3cccs3)C2SC1)NC1CCN(c2c(F)cc3c(=O)c(C(=O)O)cn(C4CC4)c3c2Cl)C1. The van der Waals surface area contributed by atoms with Crippen molar-refractivity contribution < 1.29 is 38.6 Å². The van der Waals surface area contributed by atoms with Gasteiger partial charge in [-0.1, -0.05) is 41.6 Å². The number of aromatic carboxylic acids is 1. The van der Waals surface area contributed by atoms with E-state index in [1.807, 2.05) is 17.5 Å². The van der Waals surface area contributed by atoms with Crippen molar-refractivity contribution in [3.05, 3.63) is 72.5 Å². The third-order valence-corrected chi connectivity index (χ3v) is 13.4. The van der Waals surface area contributed by atoms with Crippen LogP contribution in [0, 0.1) is 5.82 Å². The molecule has 0 bridgehead atoms. The summed E-state index contributed by atoms with van der Waals surface area (Å²) in [6.07, 6.45) is 3.43. The van der Waals surface area contributed by atoms with E-state index in [1.54, 1.807) is 9.47 Å². The zero-order chi connectivity index (χ0) is 38.4. The van der Waals surface area contributed by atoms with Crippen LogP contribution in [0.25, 0.3) is 10.9 Å². The molecule has 1 aliphatic carbocycles. The number of carboxylic acid groups (broad SMARTS) is 2. The Labute approximate surface area is 329 Å². The van der Waals surface area contributed by atoms with Crippen LogP contribution >= 0.6 is 58.7 Å². The van der Waals surface area contributed by atoms with Crippen LogP contribution in [0.2, 0.25) is 5.02 Å². The van der Waals surface area contributed by atoms with Gasteiger partial charge in [0, 0.05) is 48.5 Å². The summed E-state index contributed by atoms with van der Waals surface area (Å²) < 4.78 is 17.4. The number of carboxylic acids is 2. The Kier molecular flexibility index (Phi) is 11.0. The van der Waals surface area contributed by atoms with Crippen molar-refractivity contribution in [3.8, 4) is 0 Å². The van der Waals surface area contributed by atoms with Crippen molar-refractivity contribution in [2.24, 2.45) is 0 Å². The molecule has 2 aromatic heterocycles. The zero-order valence-electron chi connectivity index (χ0n) is 28.1. The quantitative estimate of drug-likeness (QED) is 0.132. The molecule has 54 heavy (non-hydrogen) atoms. The molecule has 1 saturated carbocycles. The fraction of sp³-hybridized carbons (Fsp3) is 0.382. The Bertz CT molecular complexity index is 2200. The summed E-state index contributed by atoms with van der Waals surface area (Å²) in [4.78, 5) is 78.9. The summed E-state index contributed by atoms with van der Waals surface area (Å²) >= 11 is 16.0. The van der Waals surface area contributed by atoms with Gasteiger partial charge in [0.1, 0.15) is 32.8 Å². The highest BCUT2D eigenvalue weighted by atomic mass is 35.5. The molecule has 0 radical (unpaired) electrons. The minimum absolute atomic E-state index is 0.00726. The molecule has 3 aliphatic heterocycles. The Hall–Kier alpha value is -4.17. The molecule has 7 rings (SSSR count). The van der Waals surface area contributed by atoms with Gasteiger partial charge in [-0.05, 0) is 42.3 Å². The number of thiophene rings is 1. The van der Waals surface area contributed by atoms with E-state index in [9.17, 15) is 39.0 Å². The normalized spacial score (nSPS) is 20.8. The van der Waals surface area contributed by atoms with Crippen LogP contribution in [0.4, 0.5) is 10.1 Å². The number of rotatable bonds is 12. The highest BCUT2D eigenvalue weighted by molar-refractivity contribution is 8.23. The largest absolute Gasteiger partial charge is 0.477 e. The number of fused-ring (bicyclic) bond motifs is 2. The smallest absolute Gasteiger partial charge is 0.352 e. The van der Waals surface area contributed by atoms with E-state index in [4.69, 9.17) is 23.8 Å². The van der Waals surface area contributed by atoms with Gasteiger partial charge in [0.05, 0.1) is 33.8 Å². The monoisotopic (exact) mass is 834 g/mol. The predicted molar refractivity (Wildman–Crippen MR) is 208 cm³/mol. The molecule has 284 valence electrons. The number of pyridine rings is 1. The number of hydrogen-bond acceptors (Lipinski definition) is 11. The third kappa shape index (κ3) is 7.56. The molecule has 3 atom stereocenters. The van der Waals surface area contributed by atoms with Gasteiger partial charge in [-0.2, -0.15) is 0 Å². The molecule has 5 N–H and O–H groups in total. The maximum atomic E-state index is 15.5. The molecule has 3 amide bonds. The van der Waals surface area contributed by atoms with Gasteiger partial charge in [0.15, 0.2) is 0 Å². The van der Waals surface area contributed by atoms with Gasteiger partial charge in [-0.15, -0.1) is 23.1 Å². The molecule has 3 aromatic rings. The number of amides is 3. The lowest BCUT2D eigenvalue weighted by Gasteiger charge is -2.49. The minimum atomic E-state index is -1.40. The van der Waals surface area contributed by atoms with Crippen LogP contribution in [0.3, 0.4) is 0 Å². The molecule has 3 fully saturated rings. The van der Waals surface area contributed by atoms with Crippen molar-refractivity contribution in [2.45, 2.75) is 49.2 Å². The summed E-state index contributed by atoms with van der Waals surface area (Å²) in [5.41, 5.74) is -0.615. The van der Waals surface area contributed by atoms with Crippen LogP contribution in [0.15, 0.2) is 45.8 Å². The standard InChI is InChI=1S/C34H32ClFN6O8S4/c35-24-27-19(29(45)20(32(47)48)12-41(27)17-3-4-17)9-21(36)28(24)40-6-5-16(11-40)38-23(44)14-54-34(51)37-10-15-13-53-31-25(30(46)42(31)26(15)33(49)50)39-22(43)8-18-2-1-7-52-18/h1-2,7,9,12,16-17,25,31H,3-6,8,10-11,13-14H2,(H,37,51)(H,38,44)(H,39,43)(H,47,48)(H,49,50). The first-order valence-corrected chi connectivity index (χ1v) is 20.5. The van der Waals surface area contributed by atoms with Gasteiger partial charge in [0.25, 0.3) is 5.91 Å². The Morgan fingerprint density at radius 3 is 2.56 bits per heavy atom. The zero-order valence-corrected chi connectivity index (χ0v) is 32.2. The average molecular weight is 835 g/mol. The lowest BCUT2D eigenvalue weighted by molar-refractivity contribution is -0.150. The lowest BCUT2D eigenvalue weighted by Crippen LogP contribution is -2.70. The van der Waals surface area contributed by atoms with Crippen LogP contribution in [0.1, 0.15) is 40.5 Å². The van der Waals surface area contributed by atoms with Crippen molar-refractivity contribution >= 4 is 109 Å². The van der Waals surface area contributed by atoms with Crippen molar-refractivity contribution in [2.75, 3.05) is 36.0 Å². The third-order valence-electron chi connectivity index (χ3n) is 9.49. The Balaban J connectivity index is 0.917. The van der Waals surface area contributed by atoms with Crippen LogP contribution in [-0.4, -0.2) is 102 Å². The fourth-order valence-corrected chi connectivity index (χ4v) is 10.1. The first kappa shape index (κ1) is 38.1. The topological polar surface area (TPSA) is 190 Å². The number of nitrogens with one attached hydrogen (secondary N) is 3. The molecule has 4 aliphatic rings. The number of nitrogens with zero attached hydrogens (tertiary/aromatic N) is 3. The first-order valence-electron chi connectivity index (χ1n) is 16.8. The second kappa shape index (κ2) is 15.5. The molecule has 5 heterocycles. The van der Waals surface area contributed by atoms with Crippen molar-refractivity contribution in [3.63, 3.8) is 0 Å². The molecule has 1 aromatic carbocycles. The molecule has 2 saturated heterocycles. The number of aromatic nitrogens is 1. The van der Waals surface area contributed by atoms with Gasteiger partial charge < -0.3 is 35.6 Å². The van der Waals surface area contributed by atoms with E-state index >= 15 is 4.39 Å². The van der Waals surface area contributed by atoms with Crippen LogP contribution in [0.5, 0.6) is 0 Å². The average Bonchev–Trinajstić information content (AvgIpc) is 3.66. The summed E-state index contributed by atoms with van der Waals surface area (Å²) in [6.45, 7) is 0.639. The number of carbonyl (C=O) groups excluding carboxylic acids is 3. The molecule has 0 spiro atoms. The molecular weight excluding hydrogens is 803 g/mol.